The molecule has 0 unspecified atom stereocenters. The lowest BCUT2D eigenvalue weighted by Crippen LogP contribution is -2.08. The second kappa shape index (κ2) is 5.32. The van der Waals surface area contributed by atoms with Crippen molar-refractivity contribution < 1.29 is 9.55 Å². The van der Waals surface area contributed by atoms with Crippen LogP contribution >= 0.6 is 0 Å². The Bertz CT molecular complexity index is 826. The average molecular weight is 299 g/mol. The summed E-state index contributed by atoms with van der Waals surface area (Å²) in [5.74, 6) is 0. The van der Waals surface area contributed by atoms with Gasteiger partial charge in [0, 0.05) is 25.5 Å². The molecular weight excluding hydrogens is 286 g/mol. The number of hydrogen-bond acceptors (Lipinski definition) is 7. The van der Waals surface area contributed by atoms with Crippen LogP contribution in [0.25, 0.3) is 11.0 Å². The van der Waals surface area contributed by atoms with Crippen molar-refractivity contribution in [2.24, 2.45) is 0 Å². The number of anilines is 3. The Balaban J connectivity index is 1.99. The van der Waals surface area contributed by atoms with Crippen molar-refractivity contribution in [3.63, 3.8) is 0 Å². The van der Waals surface area contributed by atoms with Crippen molar-refractivity contribution in [3.8, 4) is 0 Å². The van der Waals surface area contributed by atoms with Gasteiger partial charge in [-0.05, 0) is 46.7 Å². The van der Waals surface area contributed by atoms with E-state index in [2.05, 4.69) is 20.3 Å². The topological polar surface area (TPSA) is 97.3 Å². The van der Waals surface area contributed by atoms with Crippen LogP contribution in [0.5, 0.6) is 0 Å². The van der Waals surface area contributed by atoms with E-state index in [1.54, 1.807) is 12.1 Å². The summed E-state index contributed by atoms with van der Waals surface area (Å²) < 4.78 is 4.57. The Hall–Kier alpha value is -3.16. The lowest BCUT2D eigenvalue weighted by molar-refractivity contribution is -0.382. The van der Waals surface area contributed by atoms with Crippen molar-refractivity contribution in [1.29, 1.82) is 0 Å². The second-order valence-electron chi connectivity index (χ2n) is 4.92. The molecule has 8 nitrogen and oxygen atoms in total. The van der Waals surface area contributed by atoms with Crippen LogP contribution in [0.4, 0.5) is 22.7 Å². The van der Waals surface area contributed by atoms with Crippen LogP contribution in [0.2, 0.25) is 0 Å². The Morgan fingerprint density at radius 2 is 1.86 bits per heavy atom. The molecule has 0 bridgehead atoms. The normalized spacial score (nSPS) is 10.6. The minimum absolute atomic E-state index is 0.125. The summed E-state index contributed by atoms with van der Waals surface area (Å²) in [6.07, 6.45) is 0. The third-order valence-corrected chi connectivity index (χ3v) is 3.25. The largest absolute Gasteiger partial charge is 0.378 e. The molecule has 0 aliphatic carbocycles. The van der Waals surface area contributed by atoms with Gasteiger partial charge >= 0.3 is 5.69 Å². The summed E-state index contributed by atoms with van der Waals surface area (Å²) in [6, 6.07) is 10.8. The summed E-state index contributed by atoms with van der Waals surface area (Å²) in [4.78, 5) is 12.8. The average Bonchev–Trinajstić information content (AvgIpc) is 2.95. The molecule has 1 aromatic heterocycles. The van der Waals surface area contributed by atoms with Gasteiger partial charge < -0.3 is 10.2 Å². The SMILES string of the molecule is CN(C)c1ccc(Nc2ccc3nonc3c2[N+](=O)[O-])cc1. The molecule has 0 aliphatic rings. The molecule has 0 radical (unpaired) electrons. The molecule has 0 amide bonds. The maximum atomic E-state index is 11.3. The van der Waals surface area contributed by atoms with Crippen molar-refractivity contribution in [2.75, 3.05) is 24.3 Å². The Kier molecular flexibility index (Phi) is 3.34. The zero-order valence-electron chi connectivity index (χ0n) is 12.0. The van der Waals surface area contributed by atoms with Crippen LogP contribution in [0, 0.1) is 10.1 Å². The quantitative estimate of drug-likeness (QED) is 0.584. The fourth-order valence-corrected chi connectivity index (χ4v) is 2.12. The predicted octanol–water partition coefficient (Wildman–Crippen LogP) is 2.94. The number of benzene rings is 2. The van der Waals surface area contributed by atoms with E-state index in [-0.39, 0.29) is 11.2 Å². The summed E-state index contributed by atoms with van der Waals surface area (Å²) in [5.41, 5.74) is 2.43. The second-order valence-corrected chi connectivity index (χ2v) is 4.92. The maximum absolute atomic E-state index is 11.3. The minimum Gasteiger partial charge on any atom is -0.378 e. The van der Waals surface area contributed by atoms with Gasteiger partial charge in [-0.25, -0.2) is 4.63 Å². The lowest BCUT2D eigenvalue weighted by Gasteiger charge is -2.13. The molecule has 0 fully saturated rings. The zero-order chi connectivity index (χ0) is 15.7. The van der Waals surface area contributed by atoms with E-state index in [0.29, 0.717) is 11.2 Å². The fourth-order valence-electron chi connectivity index (χ4n) is 2.12. The highest BCUT2D eigenvalue weighted by molar-refractivity contribution is 5.92. The van der Waals surface area contributed by atoms with Gasteiger partial charge in [0.25, 0.3) is 0 Å². The number of nitrogens with one attached hydrogen (secondary N) is 1. The first-order valence-corrected chi connectivity index (χ1v) is 6.50. The van der Waals surface area contributed by atoms with Crippen LogP contribution in [0.3, 0.4) is 0 Å². The molecule has 22 heavy (non-hydrogen) atoms. The van der Waals surface area contributed by atoms with Gasteiger partial charge in [0.1, 0.15) is 11.2 Å². The molecule has 2 aromatic carbocycles. The van der Waals surface area contributed by atoms with E-state index in [9.17, 15) is 10.1 Å². The lowest BCUT2D eigenvalue weighted by atomic mass is 10.2. The van der Waals surface area contributed by atoms with Gasteiger partial charge in [-0.1, -0.05) is 0 Å². The maximum Gasteiger partial charge on any atom is 0.323 e. The molecule has 0 spiro atoms. The summed E-state index contributed by atoms with van der Waals surface area (Å²) >= 11 is 0. The zero-order valence-corrected chi connectivity index (χ0v) is 12.0. The molecule has 1 heterocycles. The highest BCUT2D eigenvalue weighted by Crippen LogP contribution is 2.33. The highest BCUT2D eigenvalue weighted by Gasteiger charge is 2.22. The van der Waals surface area contributed by atoms with Crippen molar-refractivity contribution >= 4 is 33.8 Å². The van der Waals surface area contributed by atoms with E-state index in [0.717, 1.165) is 11.4 Å². The summed E-state index contributed by atoms with van der Waals surface area (Å²) in [6.45, 7) is 0. The third-order valence-electron chi connectivity index (χ3n) is 3.25. The first-order chi connectivity index (χ1) is 10.6. The number of hydrogen-bond donors (Lipinski definition) is 1. The van der Waals surface area contributed by atoms with Crippen LogP contribution in [0.1, 0.15) is 0 Å². The Labute approximate surface area is 125 Å². The van der Waals surface area contributed by atoms with Gasteiger partial charge in [-0.15, -0.1) is 0 Å². The van der Waals surface area contributed by atoms with Gasteiger partial charge in [0.05, 0.1) is 4.92 Å². The number of nitrogens with zero attached hydrogens (tertiary/aromatic N) is 4. The number of rotatable bonds is 4. The highest BCUT2D eigenvalue weighted by atomic mass is 16.6. The van der Waals surface area contributed by atoms with Gasteiger partial charge in [-0.2, -0.15) is 0 Å². The monoisotopic (exact) mass is 299 g/mol. The molecule has 3 rings (SSSR count). The molecule has 1 N–H and O–H groups in total. The molecule has 0 aliphatic heterocycles. The molecule has 8 heteroatoms. The van der Waals surface area contributed by atoms with Crippen LogP contribution in [0.15, 0.2) is 41.0 Å². The van der Waals surface area contributed by atoms with Gasteiger partial charge in [0.15, 0.2) is 0 Å². The van der Waals surface area contributed by atoms with E-state index < -0.39 is 4.92 Å². The van der Waals surface area contributed by atoms with Crippen molar-refractivity contribution in [1.82, 2.24) is 10.3 Å². The van der Waals surface area contributed by atoms with Crippen molar-refractivity contribution in [2.45, 2.75) is 0 Å². The molecule has 0 saturated carbocycles. The smallest absolute Gasteiger partial charge is 0.323 e. The number of nitro groups is 1. The fraction of sp³-hybridized carbons (Fsp3) is 0.143. The molecule has 112 valence electrons. The van der Waals surface area contributed by atoms with E-state index in [1.807, 2.05) is 43.3 Å². The molecule has 0 atom stereocenters. The summed E-state index contributed by atoms with van der Waals surface area (Å²) in [5, 5.41) is 21.6. The molecule has 3 aromatic rings. The van der Waals surface area contributed by atoms with Gasteiger partial charge in [0.2, 0.25) is 5.52 Å². The first kappa shape index (κ1) is 13.8. The number of fused-ring (bicyclic) bond motifs is 1. The van der Waals surface area contributed by atoms with Crippen molar-refractivity contribution in [3.05, 3.63) is 46.5 Å². The standard InChI is InChI=1S/C14H13N5O3/c1-18(2)10-5-3-9(4-6-10)15-12-8-7-11-13(17-22-16-11)14(12)19(20)21/h3-8,15H,1-2H3. The Morgan fingerprint density at radius 3 is 2.50 bits per heavy atom. The van der Waals surface area contributed by atoms with Gasteiger partial charge in [-0.3, -0.25) is 10.1 Å². The first-order valence-electron chi connectivity index (χ1n) is 6.50. The van der Waals surface area contributed by atoms with E-state index in [4.69, 9.17) is 0 Å². The van der Waals surface area contributed by atoms with E-state index >= 15 is 0 Å². The number of nitro benzene ring substituents is 1. The number of aromatic nitrogens is 2. The third kappa shape index (κ3) is 2.41. The van der Waals surface area contributed by atoms with E-state index in [1.165, 1.54) is 0 Å². The Morgan fingerprint density at radius 1 is 1.14 bits per heavy atom. The minimum atomic E-state index is -0.497. The van der Waals surface area contributed by atoms with Crippen LogP contribution in [-0.4, -0.2) is 29.3 Å². The molecular formula is C14H13N5O3. The summed E-state index contributed by atoms with van der Waals surface area (Å²) in [7, 11) is 3.89. The molecule has 0 saturated heterocycles. The van der Waals surface area contributed by atoms with Crippen LogP contribution in [-0.2, 0) is 0 Å². The predicted molar refractivity (Wildman–Crippen MR) is 82.5 cm³/mol. The van der Waals surface area contributed by atoms with Crippen LogP contribution < -0.4 is 10.2 Å².